The highest BCUT2D eigenvalue weighted by Gasteiger charge is 2.22. The number of nitrogens with one attached hydrogen (secondary N) is 1. The van der Waals surface area contributed by atoms with Crippen LogP contribution >= 0.6 is 0 Å². The van der Waals surface area contributed by atoms with E-state index < -0.39 is 0 Å². The maximum absolute atomic E-state index is 10.8. The SMILES string of the molecule is C[C@H](O)[C@@H]1CCNC(=O)C1. The summed E-state index contributed by atoms with van der Waals surface area (Å²) in [6.45, 7) is 2.46. The Morgan fingerprint density at radius 2 is 2.50 bits per heavy atom. The molecule has 0 radical (unpaired) electrons. The summed E-state index contributed by atoms with van der Waals surface area (Å²) in [5, 5.41) is 11.8. The minimum absolute atomic E-state index is 0.0668. The van der Waals surface area contributed by atoms with E-state index in [0.29, 0.717) is 13.0 Å². The molecule has 1 aliphatic heterocycles. The molecule has 2 atom stereocenters. The Balaban J connectivity index is 2.39. The first-order valence-corrected chi connectivity index (χ1v) is 3.65. The highest BCUT2D eigenvalue weighted by Crippen LogP contribution is 2.15. The smallest absolute Gasteiger partial charge is 0.220 e. The average molecular weight is 143 g/mol. The first-order chi connectivity index (χ1) is 4.70. The number of hydrogen-bond acceptors (Lipinski definition) is 2. The van der Waals surface area contributed by atoms with Crippen LogP contribution in [-0.2, 0) is 4.79 Å². The molecule has 3 heteroatoms. The summed E-state index contributed by atoms with van der Waals surface area (Å²) >= 11 is 0. The zero-order chi connectivity index (χ0) is 7.56. The molecule has 1 heterocycles. The highest BCUT2D eigenvalue weighted by molar-refractivity contribution is 5.76. The number of hydrogen-bond donors (Lipinski definition) is 2. The molecule has 0 aromatic rings. The monoisotopic (exact) mass is 143 g/mol. The van der Waals surface area contributed by atoms with Crippen LogP contribution in [0.3, 0.4) is 0 Å². The van der Waals surface area contributed by atoms with Crippen molar-refractivity contribution in [2.45, 2.75) is 25.9 Å². The van der Waals surface area contributed by atoms with Crippen molar-refractivity contribution in [3.8, 4) is 0 Å². The lowest BCUT2D eigenvalue weighted by molar-refractivity contribution is -0.124. The number of rotatable bonds is 1. The van der Waals surface area contributed by atoms with Crippen molar-refractivity contribution >= 4 is 5.91 Å². The lowest BCUT2D eigenvalue weighted by Gasteiger charge is -2.23. The Bertz CT molecular complexity index is 134. The Kier molecular flexibility index (Phi) is 2.27. The number of piperidine rings is 1. The van der Waals surface area contributed by atoms with Gasteiger partial charge < -0.3 is 10.4 Å². The van der Waals surface area contributed by atoms with Gasteiger partial charge in [-0.05, 0) is 19.3 Å². The molecule has 0 aromatic heterocycles. The molecule has 58 valence electrons. The van der Waals surface area contributed by atoms with Gasteiger partial charge in [0.2, 0.25) is 5.91 Å². The van der Waals surface area contributed by atoms with Crippen LogP contribution in [0, 0.1) is 5.92 Å². The summed E-state index contributed by atoms with van der Waals surface area (Å²) in [5.74, 6) is 0.242. The molecule has 0 aliphatic carbocycles. The average Bonchev–Trinajstić information content (AvgIpc) is 1.88. The Morgan fingerprint density at radius 3 is 2.90 bits per heavy atom. The van der Waals surface area contributed by atoms with Crippen LogP contribution in [0.15, 0.2) is 0 Å². The summed E-state index contributed by atoms with van der Waals surface area (Å²) in [7, 11) is 0. The molecule has 0 aromatic carbocycles. The number of carbonyl (C=O) groups is 1. The lowest BCUT2D eigenvalue weighted by atomic mass is 9.93. The predicted octanol–water partition coefficient (Wildman–Crippen LogP) is -0.107. The van der Waals surface area contributed by atoms with E-state index in [1.54, 1.807) is 6.92 Å². The van der Waals surface area contributed by atoms with Gasteiger partial charge in [0.05, 0.1) is 6.10 Å². The zero-order valence-electron chi connectivity index (χ0n) is 6.13. The highest BCUT2D eigenvalue weighted by atomic mass is 16.3. The third-order valence-electron chi connectivity index (χ3n) is 1.97. The molecule has 3 nitrogen and oxygen atoms in total. The van der Waals surface area contributed by atoms with E-state index in [4.69, 9.17) is 5.11 Å². The second-order valence-corrected chi connectivity index (χ2v) is 2.84. The van der Waals surface area contributed by atoms with Crippen molar-refractivity contribution in [2.75, 3.05) is 6.54 Å². The van der Waals surface area contributed by atoms with Crippen molar-refractivity contribution in [2.24, 2.45) is 5.92 Å². The molecule has 0 spiro atoms. The molecule has 0 unspecified atom stereocenters. The van der Waals surface area contributed by atoms with Crippen LogP contribution in [0.25, 0.3) is 0 Å². The molecule has 1 aliphatic rings. The molecule has 1 saturated heterocycles. The fourth-order valence-electron chi connectivity index (χ4n) is 1.22. The number of aliphatic hydroxyl groups is 1. The molecule has 10 heavy (non-hydrogen) atoms. The minimum atomic E-state index is -0.342. The summed E-state index contributed by atoms with van der Waals surface area (Å²) in [5.41, 5.74) is 0. The van der Waals surface area contributed by atoms with Gasteiger partial charge in [0.1, 0.15) is 0 Å². The first kappa shape index (κ1) is 7.54. The summed E-state index contributed by atoms with van der Waals surface area (Å²) in [6, 6.07) is 0. The van der Waals surface area contributed by atoms with Gasteiger partial charge in [-0.2, -0.15) is 0 Å². The summed E-state index contributed by atoms with van der Waals surface area (Å²) < 4.78 is 0. The maximum Gasteiger partial charge on any atom is 0.220 e. The molecular weight excluding hydrogens is 130 g/mol. The van der Waals surface area contributed by atoms with E-state index in [-0.39, 0.29) is 17.9 Å². The van der Waals surface area contributed by atoms with E-state index in [9.17, 15) is 4.79 Å². The second kappa shape index (κ2) is 3.01. The fourth-order valence-corrected chi connectivity index (χ4v) is 1.22. The maximum atomic E-state index is 10.8. The van der Waals surface area contributed by atoms with Gasteiger partial charge in [-0.1, -0.05) is 0 Å². The number of aliphatic hydroxyl groups excluding tert-OH is 1. The van der Waals surface area contributed by atoms with Gasteiger partial charge in [-0.25, -0.2) is 0 Å². The molecule has 1 rings (SSSR count). The van der Waals surface area contributed by atoms with Crippen LogP contribution in [0.1, 0.15) is 19.8 Å². The molecule has 1 amide bonds. The van der Waals surface area contributed by atoms with Crippen molar-refractivity contribution in [3.05, 3.63) is 0 Å². The van der Waals surface area contributed by atoms with Crippen LogP contribution in [-0.4, -0.2) is 23.7 Å². The van der Waals surface area contributed by atoms with E-state index in [2.05, 4.69) is 5.32 Å². The van der Waals surface area contributed by atoms with Crippen LogP contribution in [0.5, 0.6) is 0 Å². The van der Waals surface area contributed by atoms with Gasteiger partial charge in [0.15, 0.2) is 0 Å². The van der Waals surface area contributed by atoms with E-state index in [1.807, 2.05) is 0 Å². The van der Waals surface area contributed by atoms with Gasteiger partial charge in [-0.15, -0.1) is 0 Å². The van der Waals surface area contributed by atoms with E-state index in [0.717, 1.165) is 6.42 Å². The summed E-state index contributed by atoms with van der Waals surface area (Å²) in [4.78, 5) is 10.8. The van der Waals surface area contributed by atoms with E-state index >= 15 is 0 Å². The molecule has 0 bridgehead atoms. The van der Waals surface area contributed by atoms with Crippen molar-refractivity contribution in [3.63, 3.8) is 0 Å². The first-order valence-electron chi connectivity index (χ1n) is 3.65. The second-order valence-electron chi connectivity index (χ2n) is 2.84. The summed E-state index contributed by atoms with van der Waals surface area (Å²) in [6.07, 6.45) is 1.05. The van der Waals surface area contributed by atoms with Crippen molar-refractivity contribution in [1.29, 1.82) is 0 Å². The fraction of sp³-hybridized carbons (Fsp3) is 0.857. The van der Waals surface area contributed by atoms with E-state index in [1.165, 1.54) is 0 Å². The van der Waals surface area contributed by atoms with Crippen LogP contribution < -0.4 is 5.32 Å². The largest absolute Gasteiger partial charge is 0.393 e. The van der Waals surface area contributed by atoms with Crippen LogP contribution in [0.2, 0.25) is 0 Å². The standard InChI is InChI=1S/C7H13NO2/c1-5(9)6-2-3-8-7(10)4-6/h5-6,9H,2-4H2,1H3,(H,8,10)/t5-,6+/m0/s1. The number of amides is 1. The van der Waals surface area contributed by atoms with Gasteiger partial charge in [0, 0.05) is 13.0 Å². The number of carbonyl (C=O) groups excluding carboxylic acids is 1. The minimum Gasteiger partial charge on any atom is -0.393 e. The Labute approximate surface area is 60.4 Å². The third-order valence-corrected chi connectivity index (χ3v) is 1.97. The molecule has 2 N–H and O–H groups in total. The quantitative estimate of drug-likeness (QED) is 0.538. The lowest BCUT2D eigenvalue weighted by Crippen LogP contribution is -2.37. The van der Waals surface area contributed by atoms with Crippen molar-refractivity contribution < 1.29 is 9.90 Å². The molecule has 1 fully saturated rings. The zero-order valence-corrected chi connectivity index (χ0v) is 6.13. The normalized spacial score (nSPS) is 29.4. The Hall–Kier alpha value is -0.570. The van der Waals surface area contributed by atoms with Gasteiger partial charge in [0.25, 0.3) is 0 Å². The topological polar surface area (TPSA) is 49.3 Å². The molecule has 0 saturated carbocycles. The molecular formula is C7H13NO2. The Morgan fingerprint density at radius 1 is 1.80 bits per heavy atom. The van der Waals surface area contributed by atoms with Gasteiger partial charge >= 0.3 is 0 Å². The van der Waals surface area contributed by atoms with Gasteiger partial charge in [-0.3, -0.25) is 4.79 Å². The predicted molar refractivity (Wildman–Crippen MR) is 37.4 cm³/mol. The van der Waals surface area contributed by atoms with Crippen molar-refractivity contribution in [1.82, 2.24) is 5.32 Å². The third kappa shape index (κ3) is 1.70. The van der Waals surface area contributed by atoms with Crippen LogP contribution in [0.4, 0.5) is 0 Å².